The van der Waals surface area contributed by atoms with Gasteiger partial charge in [0, 0.05) is 0 Å². The Balaban J connectivity index is 0.00000420. The number of aryl methyl sites for hydroxylation is 1. The molecule has 0 radical (unpaired) electrons. The van der Waals surface area contributed by atoms with Crippen LogP contribution in [-0.4, -0.2) is 13.0 Å². The molecule has 0 bridgehead atoms. The molecule has 0 saturated heterocycles. The fourth-order valence-corrected chi connectivity index (χ4v) is 3.73. The minimum atomic E-state index is -4.43. The second-order valence-electron chi connectivity index (χ2n) is 7.03. The van der Waals surface area contributed by atoms with E-state index in [9.17, 15) is 18.1 Å². The monoisotopic (exact) mass is 428 g/mol. The molecule has 2 rings (SSSR count). The van der Waals surface area contributed by atoms with E-state index >= 15 is 0 Å². The Kier molecular flexibility index (Phi) is 11.9. The molecular formula is C22H29NaO5S. The van der Waals surface area contributed by atoms with Gasteiger partial charge in [-0.1, -0.05) is 81.9 Å². The molecule has 0 aromatic heterocycles. The third-order valence-electron chi connectivity index (χ3n) is 4.67. The van der Waals surface area contributed by atoms with Gasteiger partial charge < -0.3 is 9.84 Å². The predicted octanol–water partition coefficient (Wildman–Crippen LogP) is 2.49. The molecule has 29 heavy (non-hydrogen) atoms. The molecule has 5 nitrogen and oxygen atoms in total. The van der Waals surface area contributed by atoms with Crippen LogP contribution in [0.1, 0.15) is 63.9 Å². The quantitative estimate of drug-likeness (QED) is 0.319. The van der Waals surface area contributed by atoms with Crippen molar-refractivity contribution in [2.45, 2.75) is 69.6 Å². The summed E-state index contributed by atoms with van der Waals surface area (Å²) in [5.41, 5.74) is 0.977. The summed E-state index contributed by atoms with van der Waals surface area (Å²) in [5, 5.41) is 12.1. The van der Waals surface area contributed by atoms with E-state index < -0.39 is 10.1 Å². The van der Waals surface area contributed by atoms with Crippen molar-refractivity contribution < 1.29 is 52.4 Å². The predicted molar refractivity (Wildman–Crippen MR) is 109 cm³/mol. The molecule has 0 heterocycles. The van der Waals surface area contributed by atoms with Gasteiger partial charge >= 0.3 is 29.6 Å². The van der Waals surface area contributed by atoms with Crippen LogP contribution in [0.25, 0.3) is 0 Å². The Morgan fingerprint density at radius 1 is 0.897 bits per heavy atom. The normalized spacial score (nSPS) is 11.1. The molecule has 0 aliphatic rings. The molecular weight excluding hydrogens is 399 g/mol. The van der Waals surface area contributed by atoms with Crippen LogP contribution >= 0.6 is 0 Å². The first-order chi connectivity index (χ1) is 13.4. The molecule has 154 valence electrons. The average Bonchev–Trinajstić information content (AvgIpc) is 2.66. The number of unbranched alkanes of at least 4 members (excludes halogenated alkanes) is 7. The van der Waals surface area contributed by atoms with Gasteiger partial charge in [0.15, 0.2) is 0 Å². The summed E-state index contributed by atoms with van der Waals surface area (Å²) >= 11 is 0. The van der Waals surface area contributed by atoms with Crippen molar-refractivity contribution in [3.63, 3.8) is 0 Å². The van der Waals surface area contributed by atoms with Crippen molar-refractivity contribution in [1.82, 2.24) is 0 Å². The standard InChI is InChI=1S/C22H30O5S.Na/c1-2-3-4-5-6-7-8-9-12-18-15-16-19(23)21(17-18)27-20-13-10-11-14-22(20)28(24,25)26;/h10-11,13-17,23H,2-9,12H2,1H3,(H,24,25,26);/q;+1/p-1. The summed E-state index contributed by atoms with van der Waals surface area (Å²) in [6.07, 6.45) is 10.7. The molecule has 0 spiro atoms. The smallest absolute Gasteiger partial charge is 0.870 e. The zero-order valence-electron chi connectivity index (χ0n) is 17.4. The third-order valence-corrected chi connectivity index (χ3v) is 5.57. The van der Waals surface area contributed by atoms with Gasteiger partial charge in [-0.3, -0.25) is 4.55 Å². The Hall–Kier alpha value is -1.05. The Morgan fingerprint density at radius 3 is 2.17 bits per heavy atom. The maximum absolute atomic E-state index is 12.1. The number of para-hydroxylation sites is 1. The molecule has 0 amide bonds. The number of hydrogen-bond donors (Lipinski definition) is 1. The van der Waals surface area contributed by atoms with E-state index in [4.69, 9.17) is 4.74 Å². The van der Waals surface area contributed by atoms with Gasteiger partial charge in [0.05, 0.1) is 0 Å². The van der Waals surface area contributed by atoms with Crippen LogP contribution < -0.4 is 39.4 Å². The van der Waals surface area contributed by atoms with Crippen molar-refractivity contribution >= 4 is 10.1 Å². The zero-order valence-corrected chi connectivity index (χ0v) is 20.2. The summed E-state index contributed by atoms with van der Waals surface area (Å²) in [6.45, 7) is 2.21. The van der Waals surface area contributed by atoms with Crippen molar-refractivity contribution in [2.75, 3.05) is 0 Å². The van der Waals surface area contributed by atoms with Gasteiger partial charge in [-0.15, -0.1) is 0 Å². The van der Waals surface area contributed by atoms with Crippen LogP contribution in [0.2, 0.25) is 0 Å². The summed E-state index contributed by atoms with van der Waals surface area (Å²) < 4.78 is 37.8. The molecule has 1 N–H and O–H groups in total. The van der Waals surface area contributed by atoms with Gasteiger partial charge in [-0.05, 0) is 36.6 Å². The topological polar surface area (TPSA) is 86.7 Å². The maximum Gasteiger partial charge on any atom is 1.00 e. The molecule has 7 heteroatoms. The fourth-order valence-electron chi connectivity index (χ4n) is 3.12. The van der Waals surface area contributed by atoms with E-state index in [2.05, 4.69) is 6.92 Å². The number of rotatable bonds is 12. The minimum absolute atomic E-state index is 0. The molecule has 0 aliphatic heterocycles. The fraction of sp³-hybridized carbons (Fsp3) is 0.455. The molecule has 0 saturated carbocycles. The van der Waals surface area contributed by atoms with E-state index in [0.717, 1.165) is 24.8 Å². The second-order valence-corrected chi connectivity index (χ2v) is 8.42. The van der Waals surface area contributed by atoms with Crippen LogP contribution in [0.5, 0.6) is 17.2 Å². The molecule has 0 aliphatic carbocycles. The molecule has 0 atom stereocenters. The average molecular weight is 429 g/mol. The van der Waals surface area contributed by atoms with Gasteiger partial charge in [0.2, 0.25) is 0 Å². The molecule has 2 aromatic carbocycles. The first kappa shape index (κ1) is 26.0. The Morgan fingerprint density at radius 2 is 1.52 bits per heavy atom. The van der Waals surface area contributed by atoms with Crippen LogP contribution in [0, 0.1) is 0 Å². The van der Waals surface area contributed by atoms with Crippen molar-refractivity contribution in [2.24, 2.45) is 0 Å². The van der Waals surface area contributed by atoms with Gasteiger partial charge in [-0.25, -0.2) is 0 Å². The summed E-state index contributed by atoms with van der Waals surface area (Å²) in [4.78, 5) is -0.358. The van der Waals surface area contributed by atoms with E-state index in [0.29, 0.717) is 0 Å². The third kappa shape index (κ3) is 9.09. The summed E-state index contributed by atoms with van der Waals surface area (Å²) in [6, 6.07) is 10.6. The molecule has 0 fully saturated rings. The second kappa shape index (κ2) is 13.3. The molecule has 0 unspecified atom stereocenters. The number of ether oxygens (including phenoxy) is 1. The van der Waals surface area contributed by atoms with Crippen LogP contribution in [-0.2, 0) is 16.5 Å². The Bertz CT molecular complexity index is 852. The minimum Gasteiger partial charge on any atom is -0.870 e. The SMILES string of the molecule is CCCCCCCCCCc1ccc([O-])c(Oc2ccccc2S(=O)(=O)O)c1.[Na+]. The van der Waals surface area contributed by atoms with Crippen molar-refractivity contribution in [3.05, 3.63) is 48.0 Å². The van der Waals surface area contributed by atoms with E-state index in [-0.39, 0.29) is 51.7 Å². The van der Waals surface area contributed by atoms with E-state index in [1.165, 1.54) is 62.8 Å². The first-order valence-electron chi connectivity index (χ1n) is 9.96. The largest absolute Gasteiger partial charge is 1.00 e. The number of benzene rings is 2. The van der Waals surface area contributed by atoms with E-state index in [1.807, 2.05) is 0 Å². The van der Waals surface area contributed by atoms with Crippen LogP contribution in [0.15, 0.2) is 47.4 Å². The Labute approximate surface area is 196 Å². The number of hydrogen-bond acceptors (Lipinski definition) is 4. The van der Waals surface area contributed by atoms with Crippen LogP contribution in [0.4, 0.5) is 0 Å². The van der Waals surface area contributed by atoms with Crippen LogP contribution in [0.3, 0.4) is 0 Å². The van der Waals surface area contributed by atoms with Crippen molar-refractivity contribution in [3.8, 4) is 17.2 Å². The van der Waals surface area contributed by atoms with Crippen molar-refractivity contribution in [1.29, 1.82) is 0 Å². The summed E-state index contributed by atoms with van der Waals surface area (Å²) in [5.74, 6) is -0.329. The van der Waals surface area contributed by atoms with Gasteiger partial charge in [0.1, 0.15) is 16.4 Å². The zero-order chi connectivity index (χ0) is 20.4. The first-order valence-corrected chi connectivity index (χ1v) is 11.4. The van der Waals surface area contributed by atoms with E-state index in [1.54, 1.807) is 18.2 Å². The van der Waals surface area contributed by atoms with Gasteiger partial charge in [0.25, 0.3) is 10.1 Å². The molecule has 2 aromatic rings. The maximum atomic E-state index is 12.1. The van der Waals surface area contributed by atoms with Gasteiger partial charge in [-0.2, -0.15) is 8.42 Å². The summed E-state index contributed by atoms with van der Waals surface area (Å²) in [7, 11) is -4.43.